The Hall–Kier alpha value is -2.80. The number of ether oxygens (including phenoxy) is 1. The van der Waals surface area contributed by atoms with Crippen LogP contribution in [0.2, 0.25) is 0 Å². The molecule has 0 amide bonds. The minimum atomic E-state index is -0.584. The highest BCUT2D eigenvalue weighted by molar-refractivity contribution is 7.98. The highest BCUT2D eigenvalue weighted by Gasteiger charge is 2.04. The van der Waals surface area contributed by atoms with E-state index in [1.54, 1.807) is 36.0 Å². The quantitative estimate of drug-likeness (QED) is 0.738. The third kappa shape index (κ3) is 3.41. The van der Waals surface area contributed by atoms with Crippen LogP contribution in [0.4, 0.5) is 0 Å². The summed E-state index contributed by atoms with van der Waals surface area (Å²) in [7, 11) is 0. The van der Waals surface area contributed by atoms with Gasteiger partial charge >= 0.3 is 5.69 Å². The number of aromatic amines is 1. The van der Waals surface area contributed by atoms with Crippen molar-refractivity contribution >= 4 is 11.8 Å². The molecule has 1 N–H and O–H groups in total. The summed E-state index contributed by atoms with van der Waals surface area (Å²) in [6.45, 7) is 2.04. The first-order valence-corrected chi connectivity index (χ1v) is 8.41. The van der Waals surface area contributed by atoms with Crippen molar-refractivity contribution in [1.82, 2.24) is 14.8 Å². The minimum absolute atomic E-state index is 0.528. The molecule has 0 saturated carbocycles. The molecule has 0 radical (unpaired) electrons. The van der Waals surface area contributed by atoms with Gasteiger partial charge in [-0.2, -0.15) is 9.78 Å². The molecule has 0 aliphatic heterocycles. The van der Waals surface area contributed by atoms with Gasteiger partial charge < -0.3 is 4.74 Å². The Morgan fingerprint density at radius 2 is 1.79 bits per heavy atom. The van der Waals surface area contributed by atoms with E-state index in [4.69, 9.17) is 4.74 Å². The molecule has 122 valence electrons. The molecule has 0 fully saturated rings. The average molecular weight is 341 g/mol. The molecule has 0 aliphatic rings. The van der Waals surface area contributed by atoms with E-state index in [9.17, 15) is 9.59 Å². The Morgan fingerprint density at radius 1 is 1.08 bits per heavy atom. The predicted octanol–water partition coefficient (Wildman–Crippen LogP) is 2.74. The Balaban J connectivity index is 1.83. The molecule has 6 nitrogen and oxygen atoms in total. The summed E-state index contributed by atoms with van der Waals surface area (Å²) >= 11 is 1.69. The maximum atomic E-state index is 11.7. The van der Waals surface area contributed by atoms with Gasteiger partial charge in [0.15, 0.2) is 0 Å². The second kappa shape index (κ2) is 6.76. The molecule has 3 rings (SSSR count). The molecule has 0 saturated heterocycles. The number of nitrogens with one attached hydrogen (secondary N) is 1. The van der Waals surface area contributed by atoms with Crippen LogP contribution in [0, 0.1) is 6.92 Å². The number of benzene rings is 2. The number of aromatic nitrogens is 3. The van der Waals surface area contributed by atoms with Gasteiger partial charge in [0.05, 0.1) is 5.69 Å². The number of hydrogen-bond acceptors (Lipinski definition) is 5. The molecular formula is C17H15N3O3S. The van der Waals surface area contributed by atoms with Crippen LogP contribution < -0.4 is 16.0 Å². The summed E-state index contributed by atoms with van der Waals surface area (Å²) < 4.78 is 6.94. The summed E-state index contributed by atoms with van der Waals surface area (Å²) in [6, 6.07) is 12.8. The lowest BCUT2D eigenvalue weighted by molar-refractivity contribution is 0.481. The van der Waals surface area contributed by atoms with E-state index in [1.165, 1.54) is 4.90 Å². The van der Waals surface area contributed by atoms with Crippen LogP contribution in [0.25, 0.3) is 5.69 Å². The van der Waals surface area contributed by atoms with E-state index >= 15 is 0 Å². The smallest absolute Gasteiger partial charge is 0.349 e. The van der Waals surface area contributed by atoms with Crippen LogP contribution >= 0.6 is 11.8 Å². The number of hydrogen-bond donors (Lipinski definition) is 1. The van der Waals surface area contributed by atoms with Crippen molar-refractivity contribution in [2.24, 2.45) is 0 Å². The second-order valence-corrected chi connectivity index (χ2v) is 5.93. The van der Waals surface area contributed by atoms with Crippen molar-refractivity contribution in [2.75, 3.05) is 6.26 Å². The molecule has 1 heterocycles. The molecule has 0 atom stereocenters. The van der Waals surface area contributed by atoms with Crippen molar-refractivity contribution in [2.45, 2.75) is 11.8 Å². The van der Waals surface area contributed by atoms with Gasteiger partial charge in [-0.3, -0.25) is 9.78 Å². The molecule has 0 bridgehead atoms. The number of rotatable bonds is 4. The number of nitrogens with zero attached hydrogens (tertiary/aromatic N) is 2. The number of aryl methyl sites for hydroxylation is 1. The Bertz CT molecular complexity index is 977. The first-order chi connectivity index (χ1) is 11.6. The highest BCUT2D eigenvalue weighted by Crippen LogP contribution is 2.27. The van der Waals surface area contributed by atoms with Crippen molar-refractivity contribution in [3.63, 3.8) is 0 Å². The summed E-state index contributed by atoms with van der Waals surface area (Å²) in [4.78, 5) is 26.2. The van der Waals surface area contributed by atoms with Gasteiger partial charge in [-0.1, -0.05) is 0 Å². The molecular weight excluding hydrogens is 326 g/mol. The Labute approximate surface area is 142 Å². The summed E-state index contributed by atoms with van der Waals surface area (Å²) in [5.41, 5.74) is 0.581. The topological polar surface area (TPSA) is 77.0 Å². The minimum Gasteiger partial charge on any atom is -0.457 e. The fraction of sp³-hybridized carbons (Fsp3) is 0.118. The van der Waals surface area contributed by atoms with Gasteiger partial charge in [0.25, 0.3) is 5.56 Å². The Morgan fingerprint density at radius 3 is 2.42 bits per heavy atom. The zero-order valence-electron chi connectivity index (χ0n) is 13.1. The van der Waals surface area contributed by atoms with Crippen molar-refractivity contribution in [1.29, 1.82) is 0 Å². The fourth-order valence-corrected chi connectivity index (χ4v) is 2.83. The normalized spacial score (nSPS) is 10.6. The summed E-state index contributed by atoms with van der Waals surface area (Å²) in [6.07, 6.45) is 3.09. The zero-order chi connectivity index (χ0) is 17.1. The van der Waals surface area contributed by atoms with Crippen LogP contribution in [-0.4, -0.2) is 21.0 Å². The molecule has 1 aromatic heterocycles. The van der Waals surface area contributed by atoms with Gasteiger partial charge in [-0.05, 0) is 61.2 Å². The van der Waals surface area contributed by atoms with Gasteiger partial charge in [0, 0.05) is 4.90 Å². The third-order valence-electron chi connectivity index (χ3n) is 3.40. The molecule has 0 spiro atoms. The lowest BCUT2D eigenvalue weighted by atomic mass is 10.2. The van der Waals surface area contributed by atoms with Crippen molar-refractivity contribution in [3.8, 4) is 17.2 Å². The van der Waals surface area contributed by atoms with Gasteiger partial charge in [-0.15, -0.1) is 11.8 Å². The fourth-order valence-electron chi connectivity index (χ4n) is 2.24. The number of H-pyrrole nitrogens is 1. The van der Waals surface area contributed by atoms with E-state index in [0.29, 0.717) is 11.4 Å². The number of thioether (sulfide) groups is 1. The van der Waals surface area contributed by atoms with Crippen molar-refractivity contribution < 1.29 is 4.74 Å². The maximum absolute atomic E-state index is 11.7. The van der Waals surface area contributed by atoms with Gasteiger partial charge in [0.1, 0.15) is 17.7 Å². The zero-order valence-corrected chi connectivity index (χ0v) is 14.0. The SMILES string of the molecule is CSc1ccc(Oc2ccc(-n3ncc(=O)[nH]c3=O)cc2)cc1C. The Kier molecular flexibility index (Phi) is 4.52. The molecule has 0 unspecified atom stereocenters. The largest absolute Gasteiger partial charge is 0.457 e. The van der Waals surface area contributed by atoms with Crippen LogP contribution in [0.5, 0.6) is 11.5 Å². The average Bonchev–Trinajstić information content (AvgIpc) is 2.56. The van der Waals surface area contributed by atoms with E-state index < -0.39 is 11.2 Å². The molecule has 24 heavy (non-hydrogen) atoms. The van der Waals surface area contributed by atoms with Crippen molar-refractivity contribution in [3.05, 3.63) is 75.1 Å². The van der Waals surface area contributed by atoms with E-state index in [0.717, 1.165) is 22.2 Å². The molecule has 3 aromatic rings. The molecule has 0 aliphatic carbocycles. The van der Waals surface area contributed by atoms with Crippen LogP contribution in [-0.2, 0) is 0 Å². The highest BCUT2D eigenvalue weighted by atomic mass is 32.2. The third-order valence-corrected chi connectivity index (χ3v) is 4.29. The molecule has 7 heteroatoms. The first-order valence-electron chi connectivity index (χ1n) is 7.18. The standard InChI is InChI=1S/C17H15N3O3S/c1-11-9-14(7-8-15(11)24-2)23-13-5-3-12(4-6-13)20-17(22)19-16(21)10-18-20/h3-10H,1-2H3,(H,19,21,22). The predicted molar refractivity (Wildman–Crippen MR) is 93.5 cm³/mol. The summed E-state index contributed by atoms with van der Waals surface area (Å²) in [5, 5.41) is 3.81. The maximum Gasteiger partial charge on any atom is 0.349 e. The van der Waals surface area contributed by atoms with Crippen LogP contribution in [0.3, 0.4) is 0 Å². The van der Waals surface area contributed by atoms with Gasteiger partial charge in [0.2, 0.25) is 0 Å². The van der Waals surface area contributed by atoms with Crippen LogP contribution in [0.15, 0.2) is 63.1 Å². The van der Waals surface area contributed by atoms with Crippen LogP contribution in [0.1, 0.15) is 5.56 Å². The summed E-state index contributed by atoms with van der Waals surface area (Å²) in [5.74, 6) is 1.39. The van der Waals surface area contributed by atoms with E-state index in [1.807, 2.05) is 31.4 Å². The van der Waals surface area contributed by atoms with E-state index in [-0.39, 0.29) is 0 Å². The monoisotopic (exact) mass is 341 g/mol. The van der Waals surface area contributed by atoms with E-state index in [2.05, 4.69) is 10.1 Å². The molecule has 2 aromatic carbocycles. The second-order valence-electron chi connectivity index (χ2n) is 5.08. The first kappa shape index (κ1) is 16.1. The lowest BCUT2D eigenvalue weighted by Gasteiger charge is -2.09. The van der Waals surface area contributed by atoms with Gasteiger partial charge in [-0.25, -0.2) is 4.79 Å². The lowest BCUT2D eigenvalue weighted by Crippen LogP contribution is -2.30.